The number of hydrogen-bond donors (Lipinski definition) is 0. The minimum absolute atomic E-state index is 0.129. The van der Waals surface area contributed by atoms with E-state index in [4.69, 9.17) is 0 Å². The molecule has 4 heterocycles. The van der Waals surface area contributed by atoms with Crippen molar-refractivity contribution >= 4 is 0 Å². The molecule has 0 unspecified atom stereocenters. The fraction of sp³-hybridized carbons (Fsp3) is 0.333. The van der Waals surface area contributed by atoms with Crippen LogP contribution in [-0.2, 0) is 5.66 Å². The quantitative estimate of drug-likeness (QED) is 0.838. The zero-order valence-electron chi connectivity index (χ0n) is 12.6. The smallest absolute Gasteiger partial charge is 0.130 e. The van der Waals surface area contributed by atoms with Crippen LogP contribution in [0.25, 0.3) is 0 Å². The third-order valence-corrected chi connectivity index (χ3v) is 5.15. The Bertz CT molecular complexity index is 601. The first kappa shape index (κ1) is 12.8. The first-order chi connectivity index (χ1) is 10.9. The van der Waals surface area contributed by atoms with Crippen molar-refractivity contribution in [3.63, 3.8) is 0 Å². The summed E-state index contributed by atoms with van der Waals surface area (Å²) in [6.07, 6.45) is 0. The van der Waals surface area contributed by atoms with Gasteiger partial charge in [-0.3, -0.25) is 19.6 Å². The maximum absolute atomic E-state index is 2.61. The van der Waals surface area contributed by atoms with Gasteiger partial charge >= 0.3 is 0 Å². The molecule has 4 aliphatic heterocycles. The molecule has 0 spiro atoms. The van der Waals surface area contributed by atoms with Crippen LogP contribution in [0.2, 0.25) is 0 Å². The fourth-order valence-corrected chi connectivity index (χ4v) is 4.45. The van der Waals surface area contributed by atoms with E-state index in [0.29, 0.717) is 0 Å². The van der Waals surface area contributed by atoms with Gasteiger partial charge in [-0.25, -0.2) is 0 Å². The van der Waals surface area contributed by atoms with Gasteiger partial charge in [-0.15, -0.1) is 0 Å². The van der Waals surface area contributed by atoms with E-state index >= 15 is 0 Å². The number of benzene rings is 2. The van der Waals surface area contributed by atoms with Crippen LogP contribution in [0.5, 0.6) is 0 Å². The highest BCUT2D eigenvalue weighted by Gasteiger charge is 2.55. The lowest BCUT2D eigenvalue weighted by Crippen LogP contribution is -2.79. The molecule has 0 aliphatic carbocycles. The molecule has 4 fully saturated rings. The molecule has 0 N–H and O–H groups in total. The van der Waals surface area contributed by atoms with Crippen molar-refractivity contribution < 1.29 is 0 Å². The molecular weight excluding hydrogens is 272 g/mol. The van der Waals surface area contributed by atoms with Gasteiger partial charge in [-0.1, -0.05) is 60.7 Å². The summed E-state index contributed by atoms with van der Waals surface area (Å²) in [5, 5.41) is 0. The standard InChI is InChI=1S/C18H20N4/c1-3-7-16(8-4-1)18(17-9-5-2-6-10-17)21-12-19-11-20(14-21)15-22(18)13-19/h1-10H,11-15H2. The van der Waals surface area contributed by atoms with Crippen molar-refractivity contribution in [2.75, 3.05) is 33.3 Å². The second-order valence-electron chi connectivity index (χ2n) is 6.53. The van der Waals surface area contributed by atoms with Crippen LogP contribution in [0, 0.1) is 0 Å². The van der Waals surface area contributed by atoms with Crippen LogP contribution < -0.4 is 0 Å². The van der Waals surface area contributed by atoms with Crippen LogP contribution >= 0.6 is 0 Å². The first-order valence-corrected chi connectivity index (χ1v) is 7.93. The summed E-state index contributed by atoms with van der Waals surface area (Å²) in [5.41, 5.74) is 2.63. The van der Waals surface area contributed by atoms with Crippen molar-refractivity contribution in [2.45, 2.75) is 5.66 Å². The average molecular weight is 292 g/mol. The Morgan fingerprint density at radius 3 is 1.36 bits per heavy atom. The minimum Gasteiger partial charge on any atom is -0.264 e. The maximum atomic E-state index is 2.61. The van der Waals surface area contributed by atoms with Gasteiger partial charge in [-0.2, -0.15) is 0 Å². The molecular formula is C18H20N4. The lowest BCUT2D eigenvalue weighted by molar-refractivity contribution is -0.267. The van der Waals surface area contributed by atoms with Crippen LogP contribution in [0.1, 0.15) is 11.1 Å². The number of nitrogens with zero attached hydrogens (tertiary/aromatic N) is 4. The SMILES string of the molecule is c1ccc(C2(c3ccccc3)N3CN4CN(C3)CN2C4)cc1. The van der Waals surface area contributed by atoms with Crippen molar-refractivity contribution in [2.24, 2.45) is 0 Å². The summed E-state index contributed by atoms with van der Waals surface area (Å²) in [5.74, 6) is 0. The molecule has 112 valence electrons. The van der Waals surface area contributed by atoms with Gasteiger partial charge in [0, 0.05) is 0 Å². The van der Waals surface area contributed by atoms with E-state index in [1.807, 2.05) is 0 Å². The first-order valence-electron chi connectivity index (χ1n) is 7.93. The van der Waals surface area contributed by atoms with E-state index in [-0.39, 0.29) is 5.66 Å². The highest BCUT2D eigenvalue weighted by Crippen LogP contribution is 2.46. The molecule has 0 amide bonds. The molecule has 0 saturated carbocycles. The molecule has 2 aromatic carbocycles. The molecule has 0 radical (unpaired) electrons. The van der Waals surface area contributed by atoms with Gasteiger partial charge < -0.3 is 0 Å². The normalized spacial score (nSPS) is 34.7. The van der Waals surface area contributed by atoms with Gasteiger partial charge in [0.05, 0.1) is 33.3 Å². The van der Waals surface area contributed by atoms with E-state index < -0.39 is 0 Å². The molecule has 4 bridgehead atoms. The van der Waals surface area contributed by atoms with Crippen LogP contribution in [0.15, 0.2) is 60.7 Å². The lowest BCUT2D eigenvalue weighted by atomic mass is 9.86. The maximum Gasteiger partial charge on any atom is 0.130 e. The van der Waals surface area contributed by atoms with E-state index in [1.54, 1.807) is 0 Å². The number of rotatable bonds is 2. The topological polar surface area (TPSA) is 13.0 Å². The Kier molecular flexibility index (Phi) is 2.69. The summed E-state index contributed by atoms with van der Waals surface area (Å²) in [6.45, 7) is 5.26. The predicted octanol–water partition coefficient (Wildman–Crippen LogP) is 1.92. The van der Waals surface area contributed by atoms with E-state index in [9.17, 15) is 0 Å². The number of hydrogen-bond acceptors (Lipinski definition) is 4. The average Bonchev–Trinajstić information content (AvgIpc) is 2.56. The minimum atomic E-state index is -0.129. The van der Waals surface area contributed by atoms with Gasteiger partial charge in [0.25, 0.3) is 0 Å². The molecule has 4 aliphatic rings. The van der Waals surface area contributed by atoms with Gasteiger partial charge in [-0.05, 0) is 11.1 Å². The molecule has 4 nitrogen and oxygen atoms in total. The van der Waals surface area contributed by atoms with E-state index in [1.165, 1.54) is 11.1 Å². The van der Waals surface area contributed by atoms with Crippen LogP contribution in [-0.4, -0.2) is 52.9 Å². The zero-order chi connectivity index (χ0) is 14.6. The Hall–Kier alpha value is -1.72. The molecule has 22 heavy (non-hydrogen) atoms. The van der Waals surface area contributed by atoms with E-state index in [2.05, 4.69) is 80.3 Å². The highest BCUT2D eigenvalue weighted by molar-refractivity contribution is 5.39. The Morgan fingerprint density at radius 1 is 0.545 bits per heavy atom. The lowest BCUT2D eigenvalue weighted by Gasteiger charge is -2.66. The Balaban J connectivity index is 1.74. The van der Waals surface area contributed by atoms with Gasteiger partial charge in [0.15, 0.2) is 0 Å². The summed E-state index contributed by atoms with van der Waals surface area (Å²) in [6, 6.07) is 22.0. The summed E-state index contributed by atoms with van der Waals surface area (Å²) >= 11 is 0. The van der Waals surface area contributed by atoms with Gasteiger partial charge in [0.1, 0.15) is 5.66 Å². The third-order valence-electron chi connectivity index (χ3n) is 5.15. The zero-order valence-corrected chi connectivity index (χ0v) is 12.6. The molecule has 4 saturated heterocycles. The molecule has 6 rings (SSSR count). The van der Waals surface area contributed by atoms with Gasteiger partial charge in [0.2, 0.25) is 0 Å². The molecule has 4 heteroatoms. The molecule has 0 atom stereocenters. The van der Waals surface area contributed by atoms with Crippen LogP contribution in [0.3, 0.4) is 0 Å². The van der Waals surface area contributed by atoms with Crippen LogP contribution in [0.4, 0.5) is 0 Å². The third kappa shape index (κ3) is 1.61. The molecule has 2 aromatic rings. The van der Waals surface area contributed by atoms with Crippen molar-refractivity contribution in [1.29, 1.82) is 0 Å². The van der Waals surface area contributed by atoms with Crippen molar-refractivity contribution in [1.82, 2.24) is 19.6 Å². The fourth-order valence-electron chi connectivity index (χ4n) is 4.45. The Morgan fingerprint density at radius 2 is 0.955 bits per heavy atom. The van der Waals surface area contributed by atoms with Crippen molar-refractivity contribution in [3.8, 4) is 0 Å². The molecule has 0 aromatic heterocycles. The Labute approximate surface area is 131 Å². The van der Waals surface area contributed by atoms with E-state index in [0.717, 1.165) is 33.3 Å². The summed E-state index contributed by atoms with van der Waals surface area (Å²) in [7, 11) is 0. The summed E-state index contributed by atoms with van der Waals surface area (Å²) < 4.78 is 0. The highest BCUT2D eigenvalue weighted by atomic mass is 15.7. The largest absolute Gasteiger partial charge is 0.264 e. The second-order valence-corrected chi connectivity index (χ2v) is 6.53. The summed E-state index contributed by atoms with van der Waals surface area (Å²) in [4.78, 5) is 10.2. The second kappa shape index (κ2) is 4.64. The monoisotopic (exact) mass is 292 g/mol. The van der Waals surface area contributed by atoms with Crippen molar-refractivity contribution in [3.05, 3.63) is 71.8 Å². The predicted molar refractivity (Wildman–Crippen MR) is 85.4 cm³/mol.